The summed E-state index contributed by atoms with van der Waals surface area (Å²) >= 11 is 0. The zero-order chi connectivity index (χ0) is 14.5. The molecule has 0 aliphatic carbocycles. The Bertz CT molecular complexity index is 223. The molecular formula is C14H30N2O3. The molecule has 0 saturated heterocycles. The molecule has 0 aliphatic rings. The maximum absolute atomic E-state index is 11.3. The van der Waals surface area contributed by atoms with Crippen molar-refractivity contribution in [2.75, 3.05) is 32.8 Å². The molecule has 0 rings (SSSR count). The molecule has 1 atom stereocenters. The highest BCUT2D eigenvalue weighted by Crippen LogP contribution is 2.03. The Morgan fingerprint density at radius 3 is 2.74 bits per heavy atom. The van der Waals surface area contributed by atoms with Gasteiger partial charge in [0.2, 0.25) is 5.91 Å². The van der Waals surface area contributed by atoms with Crippen LogP contribution in [0.25, 0.3) is 0 Å². The van der Waals surface area contributed by atoms with Crippen molar-refractivity contribution in [3.05, 3.63) is 0 Å². The van der Waals surface area contributed by atoms with E-state index in [2.05, 4.69) is 24.5 Å². The summed E-state index contributed by atoms with van der Waals surface area (Å²) in [6, 6.07) is 0. The van der Waals surface area contributed by atoms with Crippen molar-refractivity contribution < 1.29 is 14.6 Å². The van der Waals surface area contributed by atoms with Gasteiger partial charge in [-0.05, 0) is 25.2 Å². The van der Waals surface area contributed by atoms with Gasteiger partial charge in [-0.25, -0.2) is 0 Å². The molecule has 3 N–H and O–H groups in total. The summed E-state index contributed by atoms with van der Waals surface area (Å²) < 4.78 is 5.38. The Hall–Kier alpha value is -0.650. The van der Waals surface area contributed by atoms with Gasteiger partial charge in [-0.1, -0.05) is 20.8 Å². The Morgan fingerprint density at radius 1 is 1.37 bits per heavy atom. The van der Waals surface area contributed by atoms with Crippen molar-refractivity contribution in [3.63, 3.8) is 0 Å². The van der Waals surface area contributed by atoms with Crippen LogP contribution in [0.5, 0.6) is 0 Å². The topological polar surface area (TPSA) is 70.6 Å². The standard InChI is InChI=1S/C14H30N2O3/c1-4-7-16-14(18)10-15-9-13(17)11-19-8-5-6-12(2)3/h12-13,15,17H,4-11H2,1-3H3,(H,16,18). The maximum atomic E-state index is 11.3. The highest BCUT2D eigenvalue weighted by atomic mass is 16.5. The van der Waals surface area contributed by atoms with Gasteiger partial charge in [0, 0.05) is 19.7 Å². The molecular weight excluding hydrogens is 244 g/mol. The van der Waals surface area contributed by atoms with Crippen LogP contribution in [-0.2, 0) is 9.53 Å². The minimum atomic E-state index is -0.557. The number of carbonyl (C=O) groups excluding carboxylic acids is 1. The van der Waals surface area contributed by atoms with Gasteiger partial charge in [-0.2, -0.15) is 0 Å². The van der Waals surface area contributed by atoms with Crippen molar-refractivity contribution in [1.82, 2.24) is 10.6 Å². The molecule has 5 heteroatoms. The van der Waals surface area contributed by atoms with E-state index in [-0.39, 0.29) is 12.5 Å². The number of rotatable bonds is 12. The van der Waals surface area contributed by atoms with Crippen LogP contribution in [-0.4, -0.2) is 50.0 Å². The smallest absolute Gasteiger partial charge is 0.233 e. The third-order valence-electron chi connectivity index (χ3n) is 2.62. The first-order valence-corrected chi connectivity index (χ1v) is 7.29. The number of nitrogens with one attached hydrogen (secondary N) is 2. The summed E-state index contributed by atoms with van der Waals surface area (Å²) in [7, 11) is 0. The van der Waals surface area contributed by atoms with E-state index in [0.29, 0.717) is 32.2 Å². The van der Waals surface area contributed by atoms with Crippen molar-refractivity contribution in [2.45, 2.75) is 46.1 Å². The molecule has 0 bridgehead atoms. The molecule has 0 spiro atoms. The predicted molar refractivity (Wildman–Crippen MR) is 77.1 cm³/mol. The first-order valence-electron chi connectivity index (χ1n) is 7.29. The summed E-state index contributed by atoms with van der Waals surface area (Å²) in [5, 5.41) is 15.3. The molecule has 0 heterocycles. The highest BCUT2D eigenvalue weighted by Gasteiger charge is 2.05. The lowest BCUT2D eigenvalue weighted by molar-refractivity contribution is -0.120. The first-order chi connectivity index (χ1) is 9.06. The Labute approximate surface area is 117 Å². The van der Waals surface area contributed by atoms with Gasteiger partial charge in [-0.15, -0.1) is 0 Å². The first kappa shape index (κ1) is 18.4. The molecule has 0 aliphatic heterocycles. The van der Waals surface area contributed by atoms with Crippen LogP contribution < -0.4 is 10.6 Å². The van der Waals surface area contributed by atoms with Crippen LogP contribution >= 0.6 is 0 Å². The van der Waals surface area contributed by atoms with E-state index in [0.717, 1.165) is 19.3 Å². The third kappa shape index (κ3) is 13.6. The second-order valence-corrected chi connectivity index (χ2v) is 5.25. The summed E-state index contributed by atoms with van der Waals surface area (Å²) in [5.74, 6) is 0.656. The summed E-state index contributed by atoms with van der Waals surface area (Å²) in [5.41, 5.74) is 0. The molecule has 19 heavy (non-hydrogen) atoms. The molecule has 0 aromatic rings. The van der Waals surface area contributed by atoms with Crippen molar-refractivity contribution in [3.8, 4) is 0 Å². The minimum Gasteiger partial charge on any atom is -0.389 e. The summed E-state index contributed by atoms with van der Waals surface area (Å²) in [6.07, 6.45) is 2.54. The molecule has 0 aromatic heterocycles. The average Bonchev–Trinajstić information content (AvgIpc) is 2.35. The molecule has 0 fully saturated rings. The normalized spacial score (nSPS) is 12.7. The number of amides is 1. The van der Waals surface area contributed by atoms with E-state index in [9.17, 15) is 9.90 Å². The Kier molecular flexibility index (Phi) is 12.0. The van der Waals surface area contributed by atoms with Crippen LogP contribution in [0.2, 0.25) is 0 Å². The van der Waals surface area contributed by atoms with Gasteiger partial charge in [0.05, 0.1) is 19.3 Å². The van der Waals surface area contributed by atoms with Gasteiger partial charge in [0.15, 0.2) is 0 Å². The zero-order valence-corrected chi connectivity index (χ0v) is 12.6. The van der Waals surface area contributed by atoms with Crippen LogP contribution in [0.1, 0.15) is 40.0 Å². The minimum absolute atomic E-state index is 0.0353. The second-order valence-electron chi connectivity index (χ2n) is 5.25. The number of aliphatic hydroxyl groups is 1. The lowest BCUT2D eigenvalue weighted by Crippen LogP contribution is -2.38. The molecule has 5 nitrogen and oxygen atoms in total. The molecule has 0 radical (unpaired) electrons. The van der Waals surface area contributed by atoms with Gasteiger partial charge < -0.3 is 20.5 Å². The largest absolute Gasteiger partial charge is 0.389 e. The zero-order valence-electron chi connectivity index (χ0n) is 12.6. The van der Waals surface area contributed by atoms with E-state index in [4.69, 9.17) is 4.74 Å². The third-order valence-corrected chi connectivity index (χ3v) is 2.62. The number of aliphatic hydroxyl groups excluding tert-OH is 1. The number of carbonyl (C=O) groups is 1. The van der Waals surface area contributed by atoms with Crippen LogP contribution in [0.4, 0.5) is 0 Å². The molecule has 114 valence electrons. The number of hydrogen-bond donors (Lipinski definition) is 3. The summed E-state index contributed by atoms with van der Waals surface area (Å²) in [4.78, 5) is 11.3. The maximum Gasteiger partial charge on any atom is 0.233 e. The molecule has 1 amide bonds. The second kappa shape index (κ2) is 12.4. The quantitative estimate of drug-likeness (QED) is 0.463. The van der Waals surface area contributed by atoms with E-state index >= 15 is 0 Å². The van der Waals surface area contributed by atoms with E-state index < -0.39 is 6.10 Å². The predicted octanol–water partition coefficient (Wildman–Crippen LogP) is 0.916. The lowest BCUT2D eigenvalue weighted by atomic mass is 10.1. The van der Waals surface area contributed by atoms with E-state index in [1.165, 1.54) is 0 Å². The Balaban J connectivity index is 3.34. The molecule has 0 aromatic carbocycles. The fourth-order valence-electron chi connectivity index (χ4n) is 1.55. The van der Waals surface area contributed by atoms with Crippen molar-refractivity contribution >= 4 is 5.91 Å². The number of hydrogen-bond acceptors (Lipinski definition) is 4. The molecule has 1 unspecified atom stereocenters. The fourth-order valence-corrected chi connectivity index (χ4v) is 1.55. The van der Waals surface area contributed by atoms with Crippen molar-refractivity contribution in [2.24, 2.45) is 5.92 Å². The lowest BCUT2D eigenvalue weighted by Gasteiger charge is -2.12. The summed E-state index contributed by atoms with van der Waals surface area (Å²) in [6.45, 7) is 8.70. The van der Waals surface area contributed by atoms with E-state index in [1.807, 2.05) is 6.92 Å². The van der Waals surface area contributed by atoms with E-state index in [1.54, 1.807) is 0 Å². The van der Waals surface area contributed by atoms with Gasteiger partial charge in [0.25, 0.3) is 0 Å². The van der Waals surface area contributed by atoms with Crippen molar-refractivity contribution in [1.29, 1.82) is 0 Å². The fraction of sp³-hybridized carbons (Fsp3) is 0.929. The molecule has 0 saturated carbocycles. The SMILES string of the molecule is CCCNC(=O)CNCC(O)COCCCC(C)C. The van der Waals surface area contributed by atoms with Crippen LogP contribution in [0.15, 0.2) is 0 Å². The highest BCUT2D eigenvalue weighted by molar-refractivity contribution is 5.77. The van der Waals surface area contributed by atoms with Gasteiger partial charge in [-0.3, -0.25) is 4.79 Å². The monoisotopic (exact) mass is 274 g/mol. The Morgan fingerprint density at radius 2 is 2.11 bits per heavy atom. The number of ether oxygens (including phenoxy) is 1. The van der Waals surface area contributed by atoms with Crippen LogP contribution in [0.3, 0.4) is 0 Å². The average molecular weight is 274 g/mol. The van der Waals surface area contributed by atoms with Gasteiger partial charge in [0.1, 0.15) is 0 Å². The van der Waals surface area contributed by atoms with Gasteiger partial charge >= 0.3 is 0 Å². The van der Waals surface area contributed by atoms with Crippen LogP contribution in [0, 0.1) is 5.92 Å².